The van der Waals surface area contributed by atoms with Crippen molar-refractivity contribution in [3.8, 4) is 22.4 Å². The Morgan fingerprint density at radius 2 is 1.93 bits per heavy atom. The van der Waals surface area contributed by atoms with Crippen LogP contribution in [0.3, 0.4) is 0 Å². The molecule has 0 amide bonds. The van der Waals surface area contributed by atoms with E-state index in [9.17, 15) is 27.9 Å². The number of carboxylic acid groups (broad SMARTS) is 1. The number of hydrogen-bond acceptors (Lipinski definition) is 3. The molecule has 0 spiro atoms. The lowest BCUT2D eigenvalue weighted by Gasteiger charge is -2.17. The maximum atomic E-state index is 13.1. The molecule has 0 radical (unpaired) electrons. The van der Waals surface area contributed by atoms with Gasteiger partial charge in [0.15, 0.2) is 0 Å². The van der Waals surface area contributed by atoms with Crippen molar-refractivity contribution in [3.05, 3.63) is 63.7 Å². The summed E-state index contributed by atoms with van der Waals surface area (Å²) >= 11 is 0. The molecule has 2 heterocycles. The first-order valence-electron chi connectivity index (χ1n) is 7.77. The van der Waals surface area contributed by atoms with Gasteiger partial charge in [0.25, 0.3) is 5.56 Å². The number of pyridine rings is 1. The summed E-state index contributed by atoms with van der Waals surface area (Å²) in [5, 5.41) is 13.6. The third kappa shape index (κ3) is 3.23. The Hall–Kier alpha value is -3.36. The van der Waals surface area contributed by atoms with Crippen LogP contribution in [0.25, 0.3) is 22.4 Å². The molecule has 27 heavy (non-hydrogen) atoms. The van der Waals surface area contributed by atoms with Gasteiger partial charge in [0.2, 0.25) is 0 Å². The molecule has 3 rings (SSSR count). The number of aromatic nitrogens is 3. The first-order chi connectivity index (χ1) is 12.6. The normalized spacial score (nSPS) is 11.6. The van der Waals surface area contributed by atoms with Crippen LogP contribution in [0.1, 0.15) is 21.6 Å². The SMILES string of the molecule is Cc1[nH]c(=O)c(C(=O)O)c(-c2cccc(C(F)(F)F)c2)c1-c1ccnn1C. The van der Waals surface area contributed by atoms with Gasteiger partial charge in [-0.05, 0) is 30.7 Å². The maximum Gasteiger partial charge on any atom is 0.416 e. The van der Waals surface area contributed by atoms with Crippen molar-refractivity contribution >= 4 is 5.97 Å². The number of nitrogens with zero attached hydrogens (tertiary/aromatic N) is 2. The number of aryl methyl sites for hydroxylation is 2. The van der Waals surface area contributed by atoms with E-state index in [-0.39, 0.29) is 11.1 Å². The van der Waals surface area contributed by atoms with E-state index in [1.54, 1.807) is 20.0 Å². The Morgan fingerprint density at radius 3 is 2.48 bits per heavy atom. The van der Waals surface area contributed by atoms with Crippen molar-refractivity contribution in [2.45, 2.75) is 13.1 Å². The smallest absolute Gasteiger partial charge is 0.416 e. The summed E-state index contributed by atoms with van der Waals surface area (Å²) in [7, 11) is 1.61. The Bertz CT molecular complexity index is 1100. The third-order valence-electron chi connectivity index (χ3n) is 4.17. The number of alkyl halides is 3. The van der Waals surface area contributed by atoms with Crippen molar-refractivity contribution in [1.29, 1.82) is 0 Å². The van der Waals surface area contributed by atoms with Gasteiger partial charge in [0, 0.05) is 30.1 Å². The van der Waals surface area contributed by atoms with Crippen LogP contribution in [0.15, 0.2) is 41.3 Å². The molecule has 6 nitrogen and oxygen atoms in total. The number of aromatic amines is 1. The van der Waals surface area contributed by atoms with Crippen LogP contribution in [-0.4, -0.2) is 25.8 Å². The predicted octanol–water partition coefficient (Wildman–Crippen LogP) is 3.47. The van der Waals surface area contributed by atoms with Gasteiger partial charge >= 0.3 is 12.1 Å². The molecule has 2 aromatic heterocycles. The van der Waals surface area contributed by atoms with E-state index in [0.29, 0.717) is 17.0 Å². The molecule has 0 unspecified atom stereocenters. The van der Waals surface area contributed by atoms with Crippen LogP contribution in [0.2, 0.25) is 0 Å². The number of nitrogens with one attached hydrogen (secondary N) is 1. The highest BCUT2D eigenvalue weighted by Crippen LogP contribution is 2.38. The average molecular weight is 377 g/mol. The van der Waals surface area contributed by atoms with Gasteiger partial charge in [0.05, 0.1) is 11.3 Å². The summed E-state index contributed by atoms with van der Waals surface area (Å²) in [4.78, 5) is 26.5. The number of carbonyl (C=O) groups is 1. The van der Waals surface area contributed by atoms with E-state index in [1.165, 1.54) is 23.0 Å². The first kappa shape index (κ1) is 18.4. The monoisotopic (exact) mass is 377 g/mol. The summed E-state index contributed by atoms with van der Waals surface area (Å²) in [6.45, 7) is 1.55. The number of rotatable bonds is 3. The Labute approximate surface area is 150 Å². The highest BCUT2D eigenvalue weighted by Gasteiger charge is 2.32. The molecule has 140 valence electrons. The second-order valence-electron chi connectivity index (χ2n) is 5.93. The van der Waals surface area contributed by atoms with Crippen LogP contribution >= 0.6 is 0 Å². The molecule has 0 aliphatic carbocycles. The zero-order valence-electron chi connectivity index (χ0n) is 14.3. The van der Waals surface area contributed by atoms with Crippen LogP contribution in [0, 0.1) is 6.92 Å². The second kappa shape index (κ2) is 6.42. The van der Waals surface area contributed by atoms with Gasteiger partial charge in [-0.15, -0.1) is 0 Å². The van der Waals surface area contributed by atoms with Gasteiger partial charge in [-0.2, -0.15) is 18.3 Å². The van der Waals surface area contributed by atoms with Crippen molar-refractivity contribution < 1.29 is 23.1 Å². The molecule has 0 aliphatic heterocycles. The maximum absolute atomic E-state index is 13.1. The fourth-order valence-electron chi connectivity index (χ4n) is 3.00. The largest absolute Gasteiger partial charge is 0.477 e. The van der Waals surface area contributed by atoms with E-state index < -0.39 is 28.8 Å². The standard InChI is InChI=1S/C18H14F3N3O3/c1-9-13(12-6-7-22-24(12)2)14(15(17(26)27)16(25)23-9)10-4-3-5-11(8-10)18(19,20)21/h3-8H,1-2H3,(H,23,25)(H,26,27). The minimum absolute atomic E-state index is 0.0207. The predicted molar refractivity (Wildman–Crippen MR) is 91.4 cm³/mol. The molecule has 2 N–H and O–H groups in total. The summed E-state index contributed by atoms with van der Waals surface area (Å²) in [6, 6.07) is 5.82. The number of hydrogen-bond donors (Lipinski definition) is 2. The molecule has 0 fully saturated rings. The van der Waals surface area contributed by atoms with Gasteiger partial charge in [-0.1, -0.05) is 12.1 Å². The lowest BCUT2D eigenvalue weighted by Crippen LogP contribution is -2.21. The summed E-state index contributed by atoms with van der Waals surface area (Å²) in [5.74, 6) is -1.54. The number of carboxylic acids is 1. The molecule has 0 bridgehead atoms. The molecular formula is C18H14F3N3O3. The van der Waals surface area contributed by atoms with E-state index >= 15 is 0 Å². The molecule has 0 atom stereocenters. The van der Waals surface area contributed by atoms with Crippen molar-refractivity contribution in [1.82, 2.24) is 14.8 Å². The molecule has 9 heteroatoms. The van der Waals surface area contributed by atoms with Gasteiger partial charge in [-0.3, -0.25) is 9.48 Å². The second-order valence-corrected chi connectivity index (χ2v) is 5.93. The van der Waals surface area contributed by atoms with Crippen molar-refractivity contribution in [2.75, 3.05) is 0 Å². The van der Waals surface area contributed by atoms with Crippen molar-refractivity contribution in [3.63, 3.8) is 0 Å². The van der Waals surface area contributed by atoms with E-state index in [0.717, 1.165) is 12.1 Å². The first-order valence-corrected chi connectivity index (χ1v) is 7.77. The number of benzene rings is 1. The zero-order chi connectivity index (χ0) is 19.9. The van der Waals surface area contributed by atoms with Gasteiger partial charge in [-0.25, -0.2) is 4.79 Å². The summed E-state index contributed by atoms with van der Waals surface area (Å²) in [6.07, 6.45) is -3.14. The minimum atomic E-state index is -4.61. The number of aromatic carboxylic acids is 1. The van der Waals surface area contributed by atoms with E-state index in [2.05, 4.69) is 10.1 Å². The third-order valence-corrected chi connectivity index (χ3v) is 4.17. The lowest BCUT2D eigenvalue weighted by atomic mass is 9.91. The Morgan fingerprint density at radius 1 is 1.22 bits per heavy atom. The lowest BCUT2D eigenvalue weighted by molar-refractivity contribution is -0.137. The highest BCUT2D eigenvalue weighted by molar-refractivity contribution is 6.01. The quantitative estimate of drug-likeness (QED) is 0.732. The molecule has 3 aromatic rings. The summed E-state index contributed by atoms with van der Waals surface area (Å²) < 4.78 is 40.9. The molecular weight excluding hydrogens is 363 g/mol. The fraction of sp³-hybridized carbons (Fsp3) is 0.167. The van der Waals surface area contributed by atoms with E-state index in [1.807, 2.05) is 0 Å². The van der Waals surface area contributed by atoms with Crippen LogP contribution in [0.5, 0.6) is 0 Å². The molecule has 0 saturated heterocycles. The number of halogens is 3. The minimum Gasteiger partial charge on any atom is -0.477 e. The highest BCUT2D eigenvalue weighted by atomic mass is 19.4. The van der Waals surface area contributed by atoms with E-state index in [4.69, 9.17) is 0 Å². The molecule has 0 saturated carbocycles. The fourth-order valence-corrected chi connectivity index (χ4v) is 3.00. The summed E-state index contributed by atoms with van der Waals surface area (Å²) in [5.41, 5.74) is -1.49. The number of H-pyrrole nitrogens is 1. The molecule has 0 aliphatic rings. The van der Waals surface area contributed by atoms with Crippen LogP contribution < -0.4 is 5.56 Å². The zero-order valence-corrected chi connectivity index (χ0v) is 14.3. The molecule has 1 aromatic carbocycles. The topological polar surface area (TPSA) is 88.0 Å². The Kier molecular flexibility index (Phi) is 4.38. The van der Waals surface area contributed by atoms with Gasteiger partial charge < -0.3 is 10.1 Å². The average Bonchev–Trinajstić information content (AvgIpc) is 2.98. The van der Waals surface area contributed by atoms with Crippen molar-refractivity contribution in [2.24, 2.45) is 7.05 Å². The Balaban J connectivity index is 2.46. The van der Waals surface area contributed by atoms with Crippen LogP contribution in [-0.2, 0) is 13.2 Å². The van der Waals surface area contributed by atoms with Crippen LogP contribution in [0.4, 0.5) is 13.2 Å². The van der Waals surface area contributed by atoms with Gasteiger partial charge in [0.1, 0.15) is 5.56 Å².